The van der Waals surface area contributed by atoms with Gasteiger partial charge in [-0.1, -0.05) is 12.1 Å². The molecule has 0 N–H and O–H groups in total. The minimum absolute atomic E-state index is 0.0480. The lowest BCUT2D eigenvalue weighted by Gasteiger charge is -2.53. The monoisotopic (exact) mass is 361 g/mol. The summed E-state index contributed by atoms with van der Waals surface area (Å²) in [5, 5.41) is 2.16. The van der Waals surface area contributed by atoms with Crippen molar-refractivity contribution in [1.82, 2.24) is 5.06 Å². The van der Waals surface area contributed by atoms with E-state index < -0.39 is 6.10 Å². The maximum atomic E-state index is 11.9. The van der Waals surface area contributed by atoms with Crippen molar-refractivity contribution in [3.63, 3.8) is 0 Å². The lowest BCUT2D eigenvalue weighted by molar-refractivity contribution is -0.322. The Kier molecular flexibility index (Phi) is 5.31. The van der Waals surface area contributed by atoms with Gasteiger partial charge in [-0.05, 0) is 71.1 Å². The van der Waals surface area contributed by atoms with Gasteiger partial charge in [0.25, 0.3) is 0 Å². The minimum atomic E-state index is -0.393. The molecule has 2 heterocycles. The number of benzene rings is 1. The quantitative estimate of drug-likeness (QED) is 0.743. The van der Waals surface area contributed by atoms with Gasteiger partial charge in [0.05, 0.1) is 7.11 Å². The molecule has 0 aliphatic carbocycles. The summed E-state index contributed by atoms with van der Waals surface area (Å²) in [4.78, 5) is 18.5. The Hall–Kier alpha value is -1.59. The van der Waals surface area contributed by atoms with E-state index in [0.29, 0.717) is 12.8 Å². The minimum Gasteiger partial charge on any atom is -0.497 e. The van der Waals surface area contributed by atoms with Crippen LogP contribution in [0.15, 0.2) is 24.3 Å². The third-order valence-corrected chi connectivity index (χ3v) is 5.59. The van der Waals surface area contributed by atoms with E-state index >= 15 is 0 Å². The molecule has 0 radical (unpaired) electrons. The number of ether oxygens (including phenoxy) is 2. The zero-order chi connectivity index (χ0) is 18.9. The molecule has 2 atom stereocenters. The second-order valence-corrected chi connectivity index (χ2v) is 8.64. The van der Waals surface area contributed by atoms with Gasteiger partial charge in [0.1, 0.15) is 11.9 Å². The number of piperidine rings is 1. The van der Waals surface area contributed by atoms with Crippen LogP contribution < -0.4 is 4.74 Å². The zero-order valence-corrected chi connectivity index (χ0v) is 16.6. The molecule has 1 aromatic carbocycles. The fourth-order valence-electron chi connectivity index (χ4n) is 4.27. The number of carbonyl (C=O) groups is 1. The van der Waals surface area contributed by atoms with E-state index in [4.69, 9.17) is 14.3 Å². The van der Waals surface area contributed by atoms with Crippen LogP contribution in [0.3, 0.4) is 0 Å². The third kappa shape index (κ3) is 3.89. The Bertz CT molecular complexity index is 622. The van der Waals surface area contributed by atoms with Crippen LogP contribution in [-0.4, -0.2) is 35.3 Å². The molecule has 2 aliphatic heterocycles. The molecule has 2 fully saturated rings. The molecule has 0 amide bonds. The van der Waals surface area contributed by atoms with Crippen LogP contribution in [0.2, 0.25) is 0 Å². The van der Waals surface area contributed by atoms with Crippen molar-refractivity contribution >= 4 is 5.97 Å². The van der Waals surface area contributed by atoms with Gasteiger partial charge in [0.2, 0.25) is 0 Å². The van der Waals surface area contributed by atoms with Crippen molar-refractivity contribution in [2.45, 2.75) is 83.1 Å². The Morgan fingerprint density at radius 3 is 2.27 bits per heavy atom. The lowest BCUT2D eigenvalue weighted by atomic mass is 9.82. The normalized spacial score (nSPS) is 28.4. The lowest BCUT2D eigenvalue weighted by Crippen LogP contribution is -2.60. The van der Waals surface area contributed by atoms with Crippen molar-refractivity contribution in [1.29, 1.82) is 0 Å². The van der Waals surface area contributed by atoms with E-state index in [-0.39, 0.29) is 23.2 Å². The molecule has 0 aromatic heterocycles. The highest BCUT2D eigenvalue weighted by atomic mass is 16.7. The van der Waals surface area contributed by atoms with E-state index in [1.165, 1.54) is 6.42 Å². The number of hydrogen-bond acceptors (Lipinski definition) is 5. The molecule has 2 aliphatic rings. The van der Waals surface area contributed by atoms with Gasteiger partial charge < -0.3 is 9.47 Å². The fourth-order valence-corrected chi connectivity index (χ4v) is 4.27. The second-order valence-electron chi connectivity index (χ2n) is 8.64. The van der Waals surface area contributed by atoms with Crippen LogP contribution in [0.4, 0.5) is 0 Å². The predicted molar refractivity (Wildman–Crippen MR) is 99.8 cm³/mol. The maximum absolute atomic E-state index is 11.9. The summed E-state index contributed by atoms with van der Waals surface area (Å²) in [6.45, 7) is 8.91. The molecule has 5 heteroatoms. The van der Waals surface area contributed by atoms with Crippen molar-refractivity contribution in [3.8, 4) is 5.75 Å². The van der Waals surface area contributed by atoms with Crippen LogP contribution in [0.25, 0.3) is 0 Å². The number of hydrogen-bond donors (Lipinski definition) is 0. The van der Waals surface area contributed by atoms with Gasteiger partial charge in [0, 0.05) is 17.5 Å². The van der Waals surface area contributed by atoms with Gasteiger partial charge in [-0.3, -0.25) is 9.63 Å². The first-order chi connectivity index (χ1) is 12.2. The van der Waals surface area contributed by atoms with Gasteiger partial charge in [-0.25, -0.2) is 0 Å². The van der Waals surface area contributed by atoms with Crippen LogP contribution >= 0.6 is 0 Å². The van der Waals surface area contributed by atoms with Crippen molar-refractivity contribution in [2.75, 3.05) is 7.11 Å². The molecule has 0 spiro atoms. The molecule has 144 valence electrons. The highest BCUT2D eigenvalue weighted by molar-refractivity contribution is 5.70. The maximum Gasteiger partial charge on any atom is 0.306 e. The van der Waals surface area contributed by atoms with Gasteiger partial charge in [-0.2, -0.15) is 5.06 Å². The molecule has 5 nitrogen and oxygen atoms in total. The summed E-state index contributed by atoms with van der Waals surface area (Å²) >= 11 is 0. The summed E-state index contributed by atoms with van der Waals surface area (Å²) in [5.74, 6) is 0.620. The van der Waals surface area contributed by atoms with Crippen LogP contribution in [0.1, 0.15) is 71.5 Å². The second kappa shape index (κ2) is 7.20. The molecule has 1 aromatic rings. The molecule has 0 bridgehead atoms. The first kappa shape index (κ1) is 19.2. The Morgan fingerprint density at radius 2 is 1.69 bits per heavy atom. The number of nitrogens with zero attached hydrogens (tertiary/aromatic N) is 1. The largest absolute Gasteiger partial charge is 0.497 e. The fraction of sp³-hybridized carbons (Fsp3) is 0.667. The first-order valence-electron chi connectivity index (χ1n) is 9.53. The van der Waals surface area contributed by atoms with Crippen LogP contribution in [0.5, 0.6) is 5.75 Å². The molecular formula is C21H31NO4. The summed E-state index contributed by atoms with van der Waals surface area (Å²) in [7, 11) is 1.64. The Balaban J connectivity index is 1.84. The average molecular weight is 361 g/mol. The summed E-state index contributed by atoms with van der Waals surface area (Å²) < 4.78 is 10.9. The molecule has 2 saturated heterocycles. The number of esters is 1. The third-order valence-electron chi connectivity index (χ3n) is 5.59. The molecule has 3 rings (SSSR count). The molecule has 26 heavy (non-hydrogen) atoms. The van der Waals surface area contributed by atoms with Gasteiger partial charge in [0.15, 0.2) is 6.10 Å². The highest BCUT2D eigenvalue weighted by Gasteiger charge is 2.45. The van der Waals surface area contributed by atoms with Crippen LogP contribution in [0, 0.1) is 0 Å². The Labute approximate surface area is 156 Å². The van der Waals surface area contributed by atoms with Gasteiger partial charge in [-0.15, -0.1) is 0 Å². The van der Waals surface area contributed by atoms with Crippen molar-refractivity contribution in [3.05, 3.63) is 29.8 Å². The van der Waals surface area contributed by atoms with Crippen LogP contribution in [-0.2, 0) is 14.4 Å². The SMILES string of the molecule is COc1ccc([C@H]2OC(=O)CC[C@@H]2ON2C(C)(C)CCCC2(C)C)cc1. The number of hydroxylamine groups is 2. The number of carbonyl (C=O) groups excluding carboxylic acids is 1. The summed E-state index contributed by atoms with van der Waals surface area (Å²) in [5.41, 5.74) is 0.845. The van der Waals surface area contributed by atoms with E-state index in [1.807, 2.05) is 24.3 Å². The molecule has 0 saturated carbocycles. The summed E-state index contributed by atoms with van der Waals surface area (Å²) in [6.07, 6.45) is 3.87. The predicted octanol–water partition coefficient (Wildman–Crippen LogP) is 4.42. The van der Waals surface area contributed by atoms with Crippen molar-refractivity contribution in [2.24, 2.45) is 0 Å². The topological polar surface area (TPSA) is 48.0 Å². The standard InChI is InChI=1S/C21H31NO4/c1-20(2)13-6-14-21(3,4)22(20)26-17-11-12-18(23)25-19(17)15-7-9-16(24-5)10-8-15/h7-10,17,19H,6,11-14H2,1-5H3/t17-,19+/m0/s1. The van der Waals surface area contributed by atoms with Crippen molar-refractivity contribution < 1.29 is 19.1 Å². The van der Waals surface area contributed by atoms with E-state index in [9.17, 15) is 4.79 Å². The van der Waals surface area contributed by atoms with E-state index in [1.54, 1.807) is 7.11 Å². The highest BCUT2D eigenvalue weighted by Crippen LogP contribution is 2.41. The van der Waals surface area contributed by atoms with Gasteiger partial charge >= 0.3 is 5.97 Å². The van der Waals surface area contributed by atoms with E-state index in [2.05, 4.69) is 32.8 Å². The number of cyclic esters (lactones) is 1. The molecular weight excluding hydrogens is 330 g/mol. The summed E-state index contributed by atoms with van der Waals surface area (Å²) in [6, 6.07) is 7.68. The number of rotatable bonds is 4. The van der Waals surface area contributed by atoms with E-state index in [0.717, 1.165) is 24.2 Å². The average Bonchev–Trinajstić information content (AvgIpc) is 2.59. The smallest absolute Gasteiger partial charge is 0.306 e. The zero-order valence-electron chi connectivity index (χ0n) is 16.6. The Morgan fingerprint density at radius 1 is 1.08 bits per heavy atom. The number of methoxy groups -OCH3 is 1. The molecule has 0 unspecified atom stereocenters. The first-order valence-corrected chi connectivity index (χ1v) is 9.53.